The van der Waals surface area contributed by atoms with Gasteiger partial charge in [-0.2, -0.15) is 0 Å². The number of nitrogens with zero attached hydrogens (tertiary/aromatic N) is 2. The van der Waals surface area contributed by atoms with Crippen LogP contribution in [0.4, 0.5) is 5.69 Å². The maximum Gasteiger partial charge on any atom is 0.342 e. The molecule has 0 unspecified atom stereocenters. The summed E-state index contributed by atoms with van der Waals surface area (Å²) in [4.78, 5) is 51.8. The highest BCUT2D eigenvalue weighted by Crippen LogP contribution is 2.60. The van der Waals surface area contributed by atoms with Crippen molar-refractivity contribution in [3.8, 4) is 0 Å². The Morgan fingerprint density at radius 1 is 1.13 bits per heavy atom. The molecule has 0 atom stereocenters. The zero-order chi connectivity index (χ0) is 24.4. The average molecular weight is 500 g/mol. The Bertz CT molecular complexity index is 1020. The fourth-order valence-electron chi connectivity index (χ4n) is 2.79. The Hall–Kier alpha value is -1.79. The number of rotatable bonds is 9. The van der Waals surface area contributed by atoms with E-state index in [1.54, 1.807) is 18.7 Å². The van der Waals surface area contributed by atoms with Crippen LogP contribution in [-0.2, 0) is 19.0 Å². The highest BCUT2D eigenvalue weighted by molar-refractivity contribution is 7.90. The van der Waals surface area contributed by atoms with E-state index in [1.165, 1.54) is 12.1 Å². The van der Waals surface area contributed by atoms with Crippen LogP contribution < -0.4 is 10.6 Å². The number of carbonyl (C=O) groups is 1. The predicted molar refractivity (Wildman–Crippen MR) is 114 cm³/mol. The van der Waals surface area contributed by atoms with Crippen LogP contribution >= 0.6 is 15.2 Å². The summed E-state index contributed by atoms with van der Waals surface area (Å²) in [5.41, 5.74) is 5.33. The standard InChI is InChI=1S/C15H26N4O9P2S/c1-4-18(5-2)11-7-6-10(8-12(11)31(3,27)28)14(20)19(15(16)17)9-13(29(21,22)23)30(24,25)26/h6-8,13H,4-5,9H2,1-3H3,(H3,16,17)(H2,21,22,23)(H2,24,25,26). The van der Waals surface area contributed by atoms with E-state index in [0.29, 0.717) is 18.8 Å². The van der Waals surface area contributed by atoms with Gasteiger partial charge in [-0.3, -0.25) is 24.2 Å². The lowest BCUT2D eigenvalue weighted by Crippen LogP contribution is -2.45. The molecule has 0 spiro atoms. The summed E-state index contributed by atoms with van der Waals surface area (Å²) in [5, 5.41) is 4.92. The third-order valence-corrected chi connectivity index (χ3v) is 9.18. The predicted octanol–water partition coefficient (Wildman–Crippen LogP) is -0.0465. The van der Waals surface area contributed by atoms with Gasteiger partial charge in [-0.1, -0.05) is 0 Å². The van der Waals surface area contributed by atoms with Crippen LogP contribution in [0, 0.1) is 5.41 Å². The molecule has 0 bridgehead atoms. The van der Waals surface area contributed by atoms with Crippen LogP contribution in [-0.4, -0.2) is 76.0 Å². The summed E-state index contributed by atoms with van der Waals surface area (Å²) in [6.07, 6.45) is 0.934. The van der Waals surface area contributed by atoms with E-state index in [-0.39, 0.29) is 15.4 Å². The molecule has 1 rings (SSSR count). The first-order valence-corrected chi connectivity index (χ1v) is 14.1. The van der Waals surface area contributed by atoms with Gasteiger partial charge in [0.1, 0.15) is 0 Å². The largest absolute Gasteiger partial charge is 0.371 e. The topological polar surface area (TPSA) is 223 Å². The molecule has 1 aromatic rings. The molecular formula is C15H26N4O9P2S. The Labute approximate surface area is 179 Å². The van der Waals surface area contributed by atoms with Crippen molar-refractivity contribution < 1.29 is 41.9 Å². The molecule has 13 nitrogen and oxygen atoms in total. The van der Waals surface area contributed by atoms with Crippen LogP contribution in [0.3, 0.4) is 0 Å². The zero-order valence-corrected chi connectivity index (χ0v) is 19.6. The summed E-state index contributed by atoms with van der Waals surface area (Å²) in [5.74, 6) is -2.19. The molecule has 0 saturated carbocycles. The number of hydrogen-bond donors (Lipinski definition) is 6. The Balaban J connectivity index is 3.55. The molecule has 0 aliphatic heterocycles. The van der Waals surface area contributed by atoms with Crippen molar-refractivity contribution in [2.24, 2.45) is 5.73 Å². The fourth-order valence-corrected chi connectivity index (χ4v) is 6.03. The van der Waals surface area contributed by atoms with Crippen molar-refractivity contribution in [3.05, 3.63) is 23.8 Å². The molecular weight excluding hydrogens is 474 g/mol. The van der Waals surface area contributed by atoms with E-state index in [2.05, 4.69) is 0 Å². The number of guanidine groups is 1. The molecule has 1 aromatic carbocycles. The van der Waals surface area contributed by atoms with Gasteiger partial charge in [0.25, 0.3) is 5.91 Å². The minimum atomic E-state index is -5.40. The normalized spacial score (nSPS) is 12.6. The Kier molecular flexibility index (Phi) is 8.60. The van der Waals surface area contributed by atoms with Gasteiger partial charge in [0.05, 0.1) is 17.1 Å². The summed E-state index contributed by atoms with van der Waals surface area (Å²) >= 11 is 0. The first-order valence-electron chi connectivity index (χ1n) is 8.80. The second-order valence-electron chi connectivity index (χ2n) is 6.59. The summed E-state index contributed by atoms with van der Waals surface area (Å²) in [7, 11) is -14.6. The first kappa shape index (κ1) is 27.2. The SMILES string of the molecule is CCN(CC)c1ccc(C(=O)N(CC(P(=O)(O)O)P(=O)(O)O)C(=N)N)cc1S(C)(=O)=O. The third-order valence-electron chi connectivity index (χ3n) is 4.37. The maximum absolute atomic E-state index is 12.9. The number of nitrogens with one attached hydrogen (secondary N) is 1. The van der Waals surface area contributed by atoms with Gasteiger partial charge >= 0.3 is 15.2 Å². The van der Waals surface area contributed by atoms with Gasteiger partial charge in [-0.15, -0.1) is 0 Å². The van der Waals surface area contributed by atoms with Crippen LogP contribution in [0.25, 0.3) is 0 Å². The first-order chi connectivity index (χ1) is 13.9. The summed E-state index contributed by atoms with van der Waals surface area (Å²) in [6, 6.07) is 3.61. The molecule has 0 radical (unpaired) electrons. The van der Waals surface area contributed by atoms with E-state index < -0.39 is 48.8 Å². The summed E-state index contributed by atoms with van der Waals surface area (Å²) in [6.45, 7) is 3.29. The van der Waals surface area contributed by atoms with Crippen molar-refractivity contribution >= 4 is 42.6 Å². The van der Waals surface area contributed by atoms with Crippen LogP contribution in [0.1, 0.15) is 24.2 Å². The van der Waals surface area contributed by atoms with Crippen molar-refractivity contribution in [3.63, 3.8) is 0 Å². The smallest absolute Gasteiger partial charge is 0.342 e. The molecule has 0 aromatic heterocycles. The minimum Gasteiger partial charge on any atom is -0.371 e. The molecule has 31 heavy (non-hydrogen) atoms. The van der Waals surface area contributed by atoms with E-state index in [0.717, 1.165) is 12.3 Å². The number of nitrogens with two attached hydrogens (primary N) is 1. The second-order valence-corrected chi connectivity index (χ2v) is 12.6. The highest BCUT2D eigenvalue weighted by atomic mass is 32.2. The van der Waals surface area contributed by atoms with Crippen LogP contribution in [0.5, 0.6) is 0 Å². The molecule has 16 heteroatoms. The van der Waals surface area contributed by atoms with E-state index >= 15 is 0 Å². The van der Waals surface area contributed by atoms with Gasteiger partial charge in [0.2, 0.25) is 0 Å². The Morgan fingerprint density at radius 3 is 1.97 bits per heavy atom. The molecule has 0 fully saturated rings. The molecule has 0 aliphatic rings. The maximum atomic E-state index is 12.9. The van der Waals surface area contributed by atoms with E-state index in [1.807, 2.05) is 0 Å². The molecule has 7 N–H and O–H groups in total. The molecule has 1 amide bonds. The van der Waals surface area contributed by atoms with Gasteiger partial charge in [-0.05, 0) is 32.0 Å². The van der Waals surface area contributed by atoms with E-state index in [9.17, 15) is 41.9 Å². The quantitative estimate of drug-likeness (QED) is 0.150. The number of anilines is 1. The van der Waals surface area contributed by atoms with Gasteiger partial charge < -0.3 is 30.2 Å². The fraction of sp³-hybridized carbons (Fsp3) is 0.467. The van der Waals surface area contributed by atoms with E-state index in [4.69, 9.17) is 11.1 Å². The van der Waals surface area contributed by atoms with Gasteiger partial charge in [-0.25, -0.2) is 8.42 Å². The average Bonchev–Trinajstić information content (AvgIpc) is 2.59. The molecule has 0 heterocycles. The van der Waals surface area contributed by atoms with Crippen molar-refractivity contribution in [2.75, 3.05) is 30.8 Å². The number of amides is 1. The lowest BCUT2D eigenvalue weighted by molar-refractivity contribution is 0.0846. The van der Waals surface area contributed by atoms with Crippen molar-refractivity contribution in [1.29, 1.82) is 5.41 Å². The van der Waals surface area contributed by atoms with Gasteiger partial charge in [0, 0.05) is 24.9 Å². The van der Waals surface area contributed by atoms with Crippen molar-refractivity contribution in [1.82, 2.24) is 4.90 Å². The highest BCUT2D eigenvalue weighted by Gasteiger charge is 2.45. The number of hydrogen-bond acceptors (Lipinski definition) is 7. The van der Waals surface area contributed by atoms with Crippen LogP contribution in [0.2, 0.25) is 0 Å². The molecule has 176 valence electrons. The molecule has 0 saturated heterocycles. The number of carbonyl (C=O) groups excluding carboxylic acids is 1. The van der Waals surface area contributed by atoms with Crippen molar-refractivity contribution in [2.45, 2.75) is 24.1 Å². The molecule has 0 aliphatic carbocycles. The lowest BCUT2D eigenvalue weighted by Gasteiger charge is -2.28. The van der Waals surface area contributed by atoms with Crippen LogP contribution in [0.15, 0.2) is 23.1 Å². The lowest BCUT2D eigenvalue weighted by atomic mass is 10.1. The number of sulfone groups is 1. The Morgan fingerprint density at radius 2 is 1.61 bits per heavy atom. The third kappa shape index (κ3) is 6.84. The number of benzene rings is 1. The second kappa shape index (κ2) is 9.78. The minimum absolute atomic E-state index is 0.202. The monoisotopic (exact) mass is 500 g/mol. The zero-order valence-electron chi connectivity index (χ0n) is 17.0. The van der Waals surface area contributed by atoms with Gasteiger partial charge in [0.15, 0.2) is 21.2 Å². The summed E-state index contributed by atoms with van der Waals surface area (Å²) < 4.78 is 47.6.